The van der Waals surface area contributed by atoms with E-state index in [1.165, 1.54) is 7.11 Å². The van der Waals surface area contributed by atoms with Gasteiger partial charge in [-0.15, -0.1) is 0 Å². The maximum Gasteiger partial charge on any atom is 0.337 e. The number of hydrogen-bond acceptors (Lipinski definition) is 9. The average Bonchev–Trinajstić information content (AvgIpc) is 3.40. The lowest BCUT2D eigenvalue weighted by atomic mass is 9.92. The summed E-state index contributed by atoms with van der Waals surface area (Å²) in [5.41, 5.74) is 5.72. The summed E-state index contributed by atoms with van der Waals surface area (Å²) in [6, 6.07) is 28.6. The number of aliphatic imine (C=N–C) groups is 2. The summed E-state index contributed by atoms with van der Waals surface area (Å²) in [5, 5.41) is 8.43. The molecule has 218 valence electrons. The monoisotopic (exact) mass is 583 g/mol. The molecule has 0 spiro atoms. The van der Waals surface area contributed by atoms with Gasteiger partial charge < -0.3 is 19.7 Å². The number of nitrogens with one attached hydrogen (secondary N) is 1. The van der Waals surface area contributed by atoms with E-state index < -0.39 is 0 Å². The molecular weight excluding hydrogens is 554 g/mol. The zero-order chi connectivity index (χ0) is 30.2. The number of ether oxygens (including phenoxy) is 2. The summed E-state index contributed by atoms with van der Waals surface area (Å²) >= 11 is 0. The summed E-state index contributed by atoms with van der Waals surface area (Å²) < 4.78 is 12.4. The number of methoxy groups -OCH3 is 1. The van der Waals surface area contributed by atoms with Crippen molar-refractivity contribution in [3.63, 3.8) is 0 Å². The van der Waals surface area contributed by atoms with Gasteiger partial charge in [0, 0.05) is 17.4 Å². The molecule has 2 aromatic heterocycles. The molecule has 1 atom stereocenters. The lowest BCUT2D eigenvalue weighted by molar-refractivity contribution is 0.0600. The fourth-order valence-electron chi connectivity index (χ4n) is 5.61. The van der Waals surface area contributed by atoms with Gasteiger partial charge in [-0.05, 0) is 80.1 Å². The Kier molecular flexibility index (Phi) is 6.86. The van der Waals surface area contributed by atoms with Crippen molar-refractivity contribution in [1.29, 1.82) is 0 Å². The van der Waals surface area contributed by atoms with E-state index in [1.807, 2.05) is 92.7 Å². The van der Waals surface area contributed by atoms with Gasteiger partial charge in [0.1, 0.15) is 5.75 Å². The molecule has 0 aliphatic carbocycles. The van der Waals surface area contributed by atoms with Crippen molar-refractivity contribution >= 4 is 40.5 Å². The number of para-hydroxylation sites is 2. The van der Waals surface area contributed by atoms with E-state index in [2.05, 4.69) is 15.2 Å². The van der Waals surface area contributed by atoms with Gasteiger partial charge in [-0.1, -0.05) is 30.3 Å². The highest BCUT2D eigenvalue weighted by Crippen LogP contribution is 2.48. The number of amidine groups is 2. The number of esters is 1. The first-order chi connectivity index (χ1) is 21.6. The lowest BCUT2D eigenvalue weighted by Gasteiger charge is -2.40. The van der Waals surface area contributed by atoms with Gasteiger partial charge in [-0.25, -0.2) is 19.8 Å². The van der Waals surface area contributed by atoms with Gasteiger partial charge in [0.25, 0.3) is 0 Å². The third-order valence-electron chi connectivity index (χ3n) is 7.58. The number of benzene rings is 3. The zero-order valence-electron chi connectivity index (χ0n) is 24.4. The molecule has 0 saturated carbocycles. The van der Waals surface area contributed by atoms with Crippen LogP contribution in [0.3, 0.4) is 0 Å². The van der Waals surface area contributed by atoms with E-state index in [0.717, 1.165) is 39.6 Å². The van der Waals surface area contributed by atoms with Crippen LogP contribution in [0.15, 0.2) is 107 Å². The SMILES string of the molecule is CCOc1ccc(NC2=Nc3ccccc3N3C2=Nc2c(c(C)nn2-c2ccccn2)[C@H]3c2ccc(C(=O)OC)cc2)cc1. The highest BCUT2D eigenvalue weighted by molar-refractivity contribution is 6.51. The molecule has 1 N–H and O–H groups in total. The summed E-state index contributed by atoms with van der Waals surface area (Å²) in [5.74, 6) is 2.93. The maximum absolute atomic E-state index is 12.3. The molecule has 2 aliphatic rings. The van der Waals surface area contributed by atoms with Crippen LogP contribution in [-0.4, -0.2) is 46.1 Å². The second-order valence-electron chi connectivity index (χ2n) is 10.3. The maximum atomic E-state index is 12.3. The summed E-state index contributed by atoms with van der Waals surface area (Å²) in [7, 11) is 1.38. The van der Waals surface area contributed by atoms with Crippen molar-refractivity contribution in [1.82, 2.24) is 14.8 Å². The quantitative estimate of drug-likeness (QED) is 0.226. The molecule has 7 rings (SSSR count). The van der Waals surface area contributed by atoms with E-state index in [-0.39, 0.29) is 12.0 Å². The first kappa shape index (κ1) is 27.1. The average molecular weight is 584 g/mol. The standard InChI is InChI=1S/C34H29N7O3/c1-4-44-25-18-16-24(17-19-25)36-31-33-38-32-29(21(2)39-41(32)28-11-7-8-20-35-28)30(22-12-14-23(15-13-22)34(42)43-3)40(33)27-10-6-5-9-26(27)37-31/h5-20,30H,4H2,1-3H3,(H,36,37)/t30-/m1/s1. The minimum atomic E-state index is -0.389. The molecule has 0 amide bonds. The van der Waals surface area contributed by atoms with Crippen LogP contribution in [0.4, 0.5) is 22.9 Å². The third-order valence-corrected chi connectivity index (χ3v) is 7.58. The lowest BCUT2D eigenvalue weighted by Crippen LogP contribution is -2.46. The summed E-state index contributed by atoms with van der Waals surface area (Å²) in [6.45, 7) is 4.54. The number of pyridine rings is 1. The van der Waals surface area contributed by atoms with Crippen molar-refractivity contribution in [2.45, 2.75) is 19.9 Å². The molecule has 0 saturated heterocycles. The van der Waals surface area contributed by atoms with E-state index in [9.17, 15) is 4.79 Å². The Hall–Kier alpha value is -5.77. The Morgan fingerprint density at radius 3 is 2.43 bits per heavy atom. The molecule has 0 radical (unpaired) electrons. The summed E-state index contributed by atoms with van der Waals surface area (Å²) in [6.07, 6.45) is 1.74. The second-order valence-corrected chi connectivity index (χ2v) is 10.3. The van der Waals surface area contributed by atoms with Gasteiger partial charge in [-0.2, -0.15) is 9.78 Å². The molecule has 0 unspecified atom stereocenters. The number of anilines is 2. The Morgan fingerprint density at radius 2 is 1.70 bits per heavy atom. The molecule has 5 aromatic rings. The summed E-state index contributed by atoms with van der Waals surface area (Å²) in [4.78, 5) is 29.3. The highest BCUT2D eigenvalue weighted by Gasteiger charge is 2.41. The smallest absolute Gasteiger partial charge is 0.337 e. The zero-order valence-corrected chi connectivity index (χ0v) is 24.4. The number of rotatable bonds is 6. The Bertz CT molecular complexity index is 1910. The highest BCUT2D eigenvalue weighted by atomic mass is 16.5. The van der Waals surface area contributed by atoms with E-state index >= 15 is 0 Å². The van der Waals surface area contributed by atoms with Crippen LogP contribution in [0.5, 0.6) is 5.75 Å². The van der Waals surface area contributed by atoms with Gasteiger partial charge in [0.05, 0.1) is 42.4 Å². The molecule has 10 heteroatoms. The minimum Gasteiger partial charge on any atom is -0.494 e. The molecule has 4 heterocycles. The Morgan fingerprint density at radius 1 is 0.932 bits per heavy atom. The van der Waals surface area contributed by atoms with Crippen molar-refractivity contribution in [3.8, 4) is 11.6 Å². The first-order valence-corrected chi connectivity index (χ1v) is 14.3. The van der Waals surface area contributed by atoms with Crippen molar-refractivity contribution < 1.29 is 14.3 Å². The molecule has 2 aliphatic heterocycles. The van der Waals surface area contributed by atoms with Gasteiger partial charge in [0.2, 0.25) is 0 Å². The minimum absolute atomic E-state index is 0.338. The molecule has 10 nitrogen and oxygen atoms in total. The van der Waals surface area contributed by atoms with Crippen molar-refractivity contribution in [2.75, 3.05) is 23.9 Å². The van der Waals surface area contributed by atoms with E-state index in [4.69, 9.17) is 24.6 Å². The molecule has 3 aromatic carbocycles. The predicted molar refractivity (Wildman–Crippen MR) is 170 cm³/mol. The number of hydrogen-bond donors (Lipinski definition) is 1. The van der Waals surface area contributed by atoms with Gasteiger partial charge in [-0.3, -0.25) is 0 Å². The molecule has 0 bridgehead atoms. The number of carbonyl (C=O) groups is 1. The molecular formula is C34H29N7O3. The second kappa shape index (κ2) is 11.1. The van der Waals surface area contributed by atoms with Crippen LogP contribution in [0.25, 0.3) is 5.82 Å². The van der Waals surface area contributed by atoms with Crippen LogP contribution in [0.2, 0.25) is 0 Å². The van der Waals surface area contributed by atoms with Crippen LogP contribution >= 0.6 is 0 Å². The Labute approximate surface area is 254 Å². The van der Waals surface area contributed by atoms with Crippen LogP contribution in [-0.2, 0) is 4.74 Å². The fourth-order valence-corrected chi connectivity index (χ4v) is 5.61. The molecule has 44 heavy (non-hydrogen) atoms. The number of aromatic nitrogens is 3. The van der Waals surface area contributed by atoms with Crippen molar-refractivity contribution in [3.05, 3.63) is 120 Å². The van der Waals surface area contributed by atoms with E-state index in [1.54, 1.807) is 23.0 Å². The topological polar surface area (TPSA) is 106 Å². The first-order valence-electron chi connectivity index (χ1n) is 14.3. The number of nitrogens with zero attached hydrogens (tertiary/aromatic N) is 6. The van der Waals surface area contributed by atoms with Crippen molar-refractivity contribution in [2.24, 2.45) is 9.98 Å². The predicted octanol–water partition coefficient (Wildman–Crippen LogP) is 6.56. The third kappa shape index (κ3) is 4.66. The fraction of sp³-hybridized carbons (Fsp3) is 0.147. The Balaban J connectivity index is 1.43. The number of fused-ring (bicyclic) bond motifs is 4. The normalized spacial score (nSPS) is 14.9. The number of carbonyl (C=O) groups excluding carboxylic acids is 1. The largest absolute Gasteiger partial charge is 0.494 e. The van der Waals surface area contributed by atoms with Gasteiger partial charge in [0.15, 0.2) is 23.3 Å². The van der Waals surface area contributed by atoms with Gasteiger partial charge >= 0.3 is 5.97 Å². The van der Waals surface area contributed by atoms with Crippen LogP contribution in [0.1, 0.15) is 40.1 Å². The number of aryl methyl sites for hydroxylation is 1. The molecule has 0 fully saturated rings. The van der Waals surface area contributed by atoms with E-state index in [0.29, 0.717) is 35.5 Å². The van der Waals surface area contributed by atoms with Crippen LogP contribution in [0, 0.1) is 6.92 Å². The van der Waals surface area contributed by atoms with Crippen LogP contribution < -0.4 is 15.0 Å².